The summed E-state index contributed by atoms with van der Waals surface area (Å²) in [7, 11) is 1.74. The first-order chi connectivity index (χ1) is 6.81. The van der Waals surface area contributed by atoms with Crippen LogP contribution in [0.2, 0.25) is 0 Å². The van der Waals surface area contributed by atoms with Crippen molar-refractivity contribution in [2.45, 2.75) is 25.8 Å². The summed E-state index contributed by atoms with van der Waals surface area (Å²) in [5, 5.41) is 3.49. The summed E-state index contributed by atoms with van der Waals surface area (Å²) >= 11 is 0. The van der Waals surface area contributed by atoms with Gasteiger partial charge in [-0.15, -0.1) is 0 Å². The van der Waals surface area contributed by atoms with E-state index in [0.29, 0.717) is 6.04 Å². The van der Waals surface area contributed by atoms with Crippen molar-refractivity contribution in [3.05, 3.63) is 29.3 Å². The van der Waals surface area contributed by atoms with Gasteiger partial charge in [-0.25, -0.2) is 0 Å². The Labute approximate surface area is 85.3 Å². The SMILES string of the molecule is COc1ccc(C)cc1C1CCCN1. The van der Waals surface area contributed by atoms with E-state index in [0.717, 1.165) is 12.3 Å². The summed E-state index contributed by atoms with van der Waals surface area (Å²) in [5.41, 5.74) is 2.61. The molecule has 2 nitrogen and oxygen atoms in total. The molecule has 2 heteroatoms. The Morgan fingerprint density at radius 3 is 2.93 bits per heavy atom. The maximum Gasteiger partial charge on any atom is 0.123 e. The van der Waals surface area contributed by atoms with E-state index in [-0.39, 0.29) is 0 Å². The second-order valence-corrected chi connectivity index (χ2v) is 3.89. The predicted molar refractivity (Wildman–Crippen MR) is 57.7 cm³/mol. The Morgan fingerprint density at radius 1 is 1.43 bits per heavy atom. The average Bonchev–Trinajstić information content (AvgIpc) is 2.70. The predicted octanol–water partition coefficient (Wildman–Crippen LogP) is 2.43. The van der Waals surface area contributed by atoms with Crippen LogP contribution in [0.15, 0.2) is 18.2 Å². The molecule has 0 aliphatic carbocycles. The molecule has 1 aromatic carbocycles. The van der Waals surface area contributed by atoms with Gasteiger partial charge in [0.05, 0.1) is 7.11 Å². The van der Waals surface area contributed by atoms with Gasteiger partial charge in [0, 0.05) is 11.6 Å². The monoisotopic (exact) mass is 191 g/mol. The number of aryl methyl sites for hydroxylation is 1. The second kappa shape index (κ2) is 4.01. The first kappa shape index (κ1) is 9.53. The maximum absolute atomic E-state index is 5.37. The smallest absolute Gasteiger partial charge is 0.123 e. The standard InChI is InChI=1S/C12H17NO/c1-9-5-6-12(14-2)10(8-9)11-4-3-7-13-11/h5-6,8,11,13H,3-4,7H2,1-2H3. The van der Waals surface area contributed by atoms with Gasteiger partial charge >= 0.3 is 0 Å². The number of hydrogen-bond donors (Lipinski definition) is 1. The topological polar surface area (TPSA) is 21.3 Å². The van der Waals surface area contributed by atoms with E-state index in [1.54, 1.807) is 7.11 Å². The van der Waals surface area contributed by atoms with Gasteiger partial charge in [0.2, 0.25) is 0 Å². The fourth-order valence-electron chi connectivity index (χ4n) is 2.08. The molecule has 1 fully saturated rings. The molecule has 1 heterocycles. The van der Waals surface area contributed by atoms with Crippen molar-refractivity contribution >= 4 is 0 Å². The molecular formula is C12H17NO. The van der Waals surface area contributed by atoms with Crippen LogP contribution in [0, 0.1) is 6.92 Å². The van der Waals surface area contributed by atoms with Gasteiger partial charge < -0.3 is 10.1 Å². The molecule has 14 heavy (non-hydrogen) atoms. The zero-order valence-electron chi connectivity index (χ0n) is 8.84. The second-order valence-electron chi connectivity index (χ2n) is 3.89. The molecule has 1 aliphatic heterocycles. The van der Waals surface area contributed by atoms with Crippen molar-refractivity contribution in [2.24, 2.45) is 0 Å². The third-order valence-electron chi connectivity index (χ3n) is 2.82. The number of rotatable bonds is 2. The summed E-state index contributed by atoms with van der Waals surface area (Å²) in [5.74, 6) is 1.01. The molecule has 0 spiro atoms. The van der Waals surface area contributed by atoms with Crippen molar-refractivity contribution < 1.29 is 4.74 Å². The highest BCUT2D eigenvalue weighted by Crippen LogP contribution is 2.31. The maximum atomic E-state index is 5.37. The van der Waals surface area contributed by atoms with E-state index >= 15 is 0 Å². The molecule has 2 rings (SSSR count). The molecule has 1 aliphatic rings. The van der Waals surface area contributed by atoms with Crippen molar-refractivity contribution in [1.82, 2.24) is 5.32 Å². The Kier molecular flexibility index (Phi) is 2.73. The van der Waals surface area contributed by atoms with Gasteiger partial charge in [-0.2, -0.15) is 0 Å². The van der Waals surface area contributed by atoms with Crippen LogP contribution in [0.1, 0.15) is 30.0 Å². The van der Waals surface area contributed by atoms with Gasteiger partial charge in [-0.1, -0.05) is 17.7 Å². The molecular weight excluding hydrogens is 174 g/mol. The van der Waals surface area contributed by atoms with Crippen molar-refractivity contribution in [3.8, 4) is 5.75 Å². The van der Waals surface area contributed by atoms with Crippen LogP contribution >= 0.6 is 0 Å². The molecule has 1 aromatic rings. The average molecular weight is 191 g/mol. The lowest BCUT2D eigenvalue weighted by Gasteiger charge is -2.15. The summed E-state index contributed by atoms with van der Waals surface area (Å²) in [4.78, 5) is 0. The van der Waals surface area contributed by atoms with Crippen LogP contribution in [-0.2, 0) is 0 Å². The van der Waals surface area contributed by atoms with Gasteiger partial charge in [-0.05, 0) is 32.4 Å². The summed E-state index contributed by atoms with van der Waals surface area (Å²) in [6.45, 7) is 3.25. The highest BCUT2D eigenvalue weighted by Gasteiger charge is 2.19. The zero-order valence-corrected chi connectivity index (χ0v) is 8.84. The minimum atomic E-state index is 0.491. The molecule has 0 amide bonds. The minimum absolute atomic E-state index is 0.491. The Morgan fingerprint density at radius 2 is 2.29 bits per heavy atom. The van der Waals surface area contributed by atoms with E-state index in [1.807, 2.05) is 0 Å². The number of ether oxygens (including phenoxy) is 1. The molecule has 0 saturated carbocycles. The van der Waals surface area contributed by atoms with Crippen molar-refractivity contribution in [1.29, 1.82) is 0 Å². The number of benzene rings is 1. The van der Waals surface area contributed by atoms with Crippen LogP contribution in [0.4, 0.5) is 0 Å². The lowest BCUT2D eigenvalue weighted by molar-refractivity contribution is 0.403. The van der Waals surface area contributed by atoms with E-state index < -0.39 is 0 Å². The molecule has 76 valence electrons. The largest absolute Gasteiger partial charge is 0.496 e. The number of hydrogen-bond acceptors (Lipinski definition) is 2. The van der Waals surface area contributed by atoms with E-state index in [1.165, 1.54) is 24.0 Å². The normalized spacial score (nSPS) is 21.1. The summed E-state index contributed by atoms with van der Waals surface area (Å²) in [6.07, 6.45) is 2.49. The zero-order chi connectivity index (χ0) is 9.97. The van der Waals surface area contributed by atoms with Crippen LogP contribution < -0.4 is 10.1 Å². The molecule has 0 bridgehead atoms. The lowest BCUT2D eigenvalue weighted by atomic mass is 10.0. The van der Waals surface area contributed by atoms with E-state index in [9.17, 15) is 0 Å². The van der Waals surface area contributed by atoms with Crippen molar-refractivity contribution in [2.75, 3.05) is 13.7 Å². The van der Waals surface area contributed by atoms with Gasteiger partial charge in [0.1, 0.15) is 5.75 Å². The van der Waals surface area contributed by atoms with Crippen LogP contribution in [0.25, 0.3) is 0 Å². The molecule has 1 saturated heterocycles. The fraction of sp³-hybridized carbons (Fsp3) is 0.500. The molecule has 1 N–H and O–H groups in total. The van der Waals surface area contributed by atoms with Crippen LogP contribution in [0.3, 0.4) is 0 Å². The highest BCUT2D eigenvalue weighted by molar-refractivity contribution is 5.39. The van der Waals surface area contributed by atoms with E-state index in [4.69, 9.17) is 4.74 Å². The minimum Gasteiger partial charge on any atom is -0.496 e. The molecule has 1 unspecified atom stereocenters. The number of nitrogens with one attached hydrogen (secondary N) is 1. The Hall–Kier alpha value is -1.02. The Balaban J connectivity index is 2.33. The molecule has 1 atom stereocenters. The van der Waals surface area contributed by atoms with Crippen molar-refractivity contribution in [3.63, 3.8) is 0 Å². The third kappa shape index (κ3) is 1.75. The first-order valence-corrected chi connectivity index (χ1v) is 5.19. The van der Waals surface area contributed by atoms with Crippen LogP contribution in [0.5, 0.6) is 5.75 Å². The quantitative estimate of drug-likeness (QED) is 0.775. The fourth-order valence-corrected chi connectivity index (χ4v) is 2.08. The van der Waals surface area contributed by atoms with E-state index in [2.05, 4.69) is 30.4 Å². The summed E-state index contributed by atoms with van der Waals surface area (Å²) in [6, 6.07) is 6.87. The molecule has 0 radical (unpaired) electrons. The number of methoxy groups -OCH3 is 1. The highest BCUT2D eigenvalue weighted by atomic mass is 16.5. The first-order valence-electron chi connectivity index (χ1n) is 5.19. The third-order valence-corrected chi connectivity index (χ3v) is 2.82. The van der Waals surface area contributed by atoms with Gasteiger partial charge in [0.25, 0.3) is 0 Å². The van der Waals surface area contributed by atoms with Crippen LogP contribution in [-0.4, -0.2) is 13.7 Å². The van der Waals surface area contributed by atoms with Gasteiger partial charge in [-0.3, -0.25) is 0 Å². The van der Waals surface area contributed by atoms with Gasteiger partial charge in [0.15, 0.2) is 0 Å². The molecule has 0 aromatic heterocycles. The lowest BCUT2D eigenvalue weighted by Crippen LogP contribution is -2.13. The summed E-state index contributed by atoms with van der Waals surface area (Å²) < 4.78 is 5.37. The Bertz CT molecular complexity index is 316.